The Morgan fingerprint density at radius 1 is 1.00 bits per heavy atom. The van der Waals surface area contributed by atoms with E-state index >= 15 is 0 Å². The summed E-state index contributed by atoms with van der Waals surface area (Å²) in [6, 6.07) is 18.2. The van der Waals surface area contributed by atoms with Gasteiger partial charge in [0, 0.05) is 18.2 Å². The van der Waals surface area contributed by atoms with Crippen LogP contribution in [0.15, 0.2) is 82.1 Å². The van der Waals surface area contributed by atoms with Crippen LogP contribution in [0.25, 0.3) is 17.1 Å². The predicted molar refractivity (Wildman–Crippen MR) is 118 cm³/mol. The van der Waals surface area contributed by atoms with Gasteiger partial charge in [0.2, 0.25) is 5.76 Å². The topological polar surface area (TPSA) is 84.1 Å². The van der Waals surface area contributed by atoms with Crippen LogP contribution in [0.1, 0.15) is 28.5 Å². The number of halogens is 3. The molecule has 34 heavy (non-hydrogen) atoms. The van der Waals surface area contributed by atoms with Gasteiger partial charge in [0.15, 0.2) is 5.82 Å². The third-order valence-corrected chi connectivity index (χ3v) is 5.41. The van der Waals surface area contributed by atoms with Crippen LogP contribution in [-0.2, 0) is 19.0 Å². The van der Waals surface area contributed by atoms with Gasteiger partial charge >= 0.3 is 6.18 Å². The van der Waals surface area contributed by atoms with E-state index in [4.69, 9.17) is 4.42 Å². The third kappa shape index (κ3) is 4.19. The van der Waals surface area contributed by atoms with Gasteiger partial charge in [-0.25, -0.2) is 4.98 Å². The molecule has 0 fully saturated rings. The number of fused-ring (bicyclic) bond motifs is 1. The number of aromatic amines is 1. The molecule has 5 rings (SSSR count). The van der Waals surface area contributed by atoms with Crippen LogP contribution in [0.4, 0.5) is 13.2 Å². The highest BCUT2D eigenvalue weighted by atomic mass is 19.4. The number of alkyl halides is 3. The molecule has 2 aliphatic heterocycles. The summed E-state index contributed by atoms with van der Waals surface area (Å²) in [5, 5.41) is 9.89. The molecular weight excluding hydrogens is 447 g/mol. The van der Waals surface area contributed by atoms with E-state index in [1.165, 1.54) is 10.6 Å². The monoisotopic (exact) mass is 465 g/mol. The smallest absolute Gasteiger partial charge is 0.449 e. The summed E-state index contributed by atoms with van der Waals surface area (Å²) in [6.45, 7) is 0. The number of hydrogen-bond donors (Lipinski definition) is 2. The summed E-state index contributed by atoms with van der Waals surface area (Å²) in [7, 11) is 0. The predicted octanol–water partition coefficient (Wildman–Crippen LogP) is 5.16. The Labute approximate surface area is 191 Å². The first-order valence-corrected chi connectivity index (χ1v) is 10.4. The molecule has 3 heterocycles. The molecule has 2 aliphatic rings. The van der Waals surface area contributed by atoms with Gasteiger partial charge in [0.1, 0.15) is 17.2 Å². The summed E-state index contributed by atoms with van der Waals surface area (Å²) >= 11 is 0. The van der Waals surface area contributed by atoms with Gasteiger partial charge in [-0.2, -0.15) is 13.2 Å². The minimum atomic E-state index is -4.61. The highest BCUT2D eigenvalue weighted by Gasteiger charge is 2.35. The number of imidazole rings is 1. The maximum atomic E-state index is 13.2. The zero-order chi connectivity index (χ0) is 23.9. The van der Waals surface area contributed by atoms with E-state index in [2.05, 4.69) is 9.97 Å². The molecule has 0 saturated heterocycles. The second-order valence-corrected chi connectivity index (χ2v) is 7.86. The van der Waals surface area contributed by atoms with Gasteiger partial charge in [-0.05, 0) is 29.8 Å². The molecular formula is C25H18F3N3O3. The second kappa shape index (κ2) is 8.26. The summed E-state index contributed by atoms with van der Waals surface area (Å²) in [6.07, 6.45) is -2.78. The lowest BCUT2D eigenvalue weighted by Crippen LogP contribution is -2.17. The van der Waals surface area contributed by atoms with Gasteiger partial charge in [-0.3, -0.25) is 9.36 Å². The number of furan rings is 1. The van der Waals surface area contributed by atoms with Crippen LogP contribution in [0, 0.1) is 0 Å². The van der Waals surface area contributed by atoms with Crippen LogP contribution in [0.2, 0.25) is 0 Å². The molecule has 2 aromatic carbocycles. The number of H-pyrrole nitrogens is 1. The fraction of sp³-hybridized carbons (Fsp3) is 0.120. The minimum absolute atomic E-state index is 0.00498. The molecule has 0 saturated carbocycles. The first-order valence-electron chi connectivity index (χ1n) is 10.4. The van der Waals surface area contributed by atoms with Crippen molar-refractivity contribution < 1.29 is 22.7 Å². The third-order valence-electron chi connectivity index (χ3n) is 5.41. The van der Waals surface area contributed by atoms with Gasteiger partial charge < -0.3 is 14.5 Å². The Morgan fingerprint density at radius 2 is 1.79 bits per heavy atom. The lowest BCUT2D eigenvalue weighted by molar-refractivity contribution is -0.153. The maximum absolute atomic E-state index is 13.2. The van der Waals surface area contributed by atoms with Gasteiger partial charge in [-0.15, -0.1) is 0 Å². The molecule has 0 atom stereocenters. The van der Waals surface area contributed by atoms with E-state index < -0.39 is 17.5 Å². The van der Waals surface area contributed by atoms with Gasteiger partial charge in [0.25, 0.3) is 5.56 Å². The normalized spacial score (nSPS) is 11.9. The fourth-order valence-corrected chi connectivity index (χ4v) is 3.83. The lowest BCUT2D eigenvalue weighted by Gasteiger charge is -2.13. The molecule has 0 radical (unpaired) electrons. The number of hydrogen-bond acceptors (Lipinski definition) is 4. The first kappa shape index (κ1) is 21.6. The van der Waals surface area contributed by atoms with E-state index in [0.717, 1.165) is 11.6 Å². The summed E-state index contributed by atoms with van der Waals surface area (Å²) in [4.78, 5) is 20.9. The number of aromatic nitrogens is 3. The van der Waals surface area contributed by atoms with E-state index in [-0.39, 0.29) is 23.6 Å². The largest absolute Gasteiger partial charge is 0.508 e. The summed E-state index contributed by atoms with van der Waals surface area (Å²) in [5.74, 6) is -0.685. The van der Waals surface area contributed by atoms with Crippen LogP contribution in [-0.4, -0.2) is 19.6 Å². The van der Waals surface area contributed by atoms with Crippen molar-refractivity contribution in [3.8, 4) is 22.8 Å². The Kier molecular flexibility index (Phi) is 5.24. The van der Waals surface area contributed by atoms with Crippen molar-refractivity contribution in [2.75, 3.05) is 0 Å². The number of nitrogens with one attached hydrogen (secondary N) is 1. The van der Waals surface area contributed by atoms with Crippen molar-refractivity contribution in [3.63, 3.8) is 0 Å². The highest BCUT2D eigenvalue weighted by Crippen LogP contribution is 2.31. The summed E-state index contributed by atoms with van der Waals surface area (Å²) in [5.41, 5.74) is 2.47. The van der Waals surface area contributed by atoms with Crippen molar-refractivity contribution in [2.45, 2.75) is 19.0 Å². The highest BCUT2D eigenvalue weighted by molar-refractivity contribution is 5.62. The van der Waals surface area contributed by atoms with E-state index in [1.807, 2.05) is 30.3 Å². The number of aromatic hydroxyl groups is 1. The molecule has 0 amide bonds. The molecule has 1 aromatic heterocycles. The van der Waals surface area contributed by atoms with Crippen LogP contribution in [0.3, 0.4) is 0 Å². The lowest BCUT2D eigenvalue weighted by atomic mass is 10.1. The van der Waals surface area contributed by atoms with Crippen LogP contribution >= 0.6 is 0 Å². The number of rotatable bonds is 5. The number of phenols is 1. The zero-order valence-corrected chi connectivity index (χ0v) is 17.6. The van der Waals surface area contributed by atoms with Crippen molar-refractivity contribution in [2.24, 2.45) is 0 Å². The fourth-order valence-electron chi connectivity index (χ4n) is 3.83. The van der Waals surface area contributed by atoms with E-state index in [0.29, 0.717) is 29.2 Å². The Bertz CT molecular complexity index is 1480. The standard InChI is InChI=1S/C25H18F3N3O3/c26-25(27,28)22-10-9-18(34-22)13-20-24(33)31-14-21(16-7-4-8-17(32)12-16)29-19(23(31)30-20)11-15-5-2-1-3-6-15/h1-10,12,14,29,32H,11,13H2. The molecule has 0 unspecified atom stereocenters. The van der Waals surface area contributed by atoms with Crippen molar-refractivity contribution in [3.05, 3.63) is 112 Å². The van der Waals surface area contributed by atoms with Crippen molar-refractivity contribution >= 4 is 0 Å². The van der Waals surface area contributed by atoms with E-state index in [1.54, 1.807) is 30.5 Å². The van der Waals surface area contributed by atoms with Crippen molar-refractivity contribution in [1.82, 2.24) is 14.5 Å². The minimum Gasteiger partial charge on any atom is -0.508 e. The Hall–Kier alpha value is -4.27. The molecule has 9 heteroatoms. The Morgan fingerprint density at radius 3 is 2.50 bits per heavy atom. The first-order chi connectivity index (χ1) is 16.3. The van der Waals surface area contributed by atoms with Crippen LogP contribution in [0.5, 0.6) is 5.75 Å². The maximum Gasteiger partial charge on any atom is 0.449 e. The molecule has 0 bridgehead atoms. The zero-order valence-electron chi connectivity index (χ0n) is 17.6. The average molecular weight is 465 g/mol. The molecule has 0 aliphatic carbocycles. The number of phenolic OH excluding ortho intramolecular Hbond substituents is 1. The van der Waals surface area contributed by atoms with Gasteiger partial charge in [0.05, 0.1) is 17.8 Å². The van der Waals surface area contributed by atoms with Crippen LogP contribution < -0.4 is 5.56 Å². The molecule has 2 N–H and O–H groups in total. The van der Waals surface area contributed by atoms with E-state index in [9.17, 15) is 23.1 Å². The van der Waals surface area contributed by atoms with Gasteiger partial charge in [-0.1, -0.05) is 42.5 Å². The van der Waals surface area contributed by atoms with Crippen molar-refractivity contribution in [1.29, 1.82) is 0 Å². The molecule has 172 valence electrons. The second-order valence-electron chi connectivity index (χ2n) is 7.86. The summed E-state index contributed by atoms with van der Waals surface area (Å²) < 4.78 is 44.9. The Balaban J connectivity index is 1.61. The average Bonchev–Trinajstić information content (AvgIpc) is 3.40. The molecule has 6 nitrogen and oxygen atoms in total. The molecule has 3 aromatic rings. The number of benzene rings is 2. The molecule has 0 spiro atoms. The quantitative estimate of drug-likeness (QED) is 0.375. The SMILES string of the molecule is O=c1c(Cc2ccc(C(F)(F)F)o2)nc2c(Cc3ccccc3)[nH]c(-c3cccc(O)c3)cn1-2. The number of nitrogens with zero attached hydrogens (tertiary/aromatic N) is 2.